The number of carbonyl (C=O) groups is 1. The summed E-state index contributed by atoms with van der Waals surface area (Å²) >= 11 is 0. The van der Waals surface area contributed by atoms with Crippen molar-refractivity contribution in [3.63, 3.8) is 0 Å². The van der Waals surface area contributed by atoms with Gasteiger partial charge in [-0.15, -0.1) is 0 Å². The largest absolute Gasteiger partial charge is 0.534 e. The quantitative estimate of drug-likeness (QED) is 0.602. The molecule has 1 aliphatic heterocycles. The second-order valence-electron chi connectivity index (χ2n) is 3.45. The average molecular weight is 300 g/mol. The average Bonchev–Trinajstić information content (AvgIpc) is 2.27. The molecule has 11 heteroatoms. The van der Waals surface area contributed by atoms with Crippen molar-refractivity contribution in [3.8, 4) is 6.07 Å². The van der Waals surface area contributed by atoms with Crippen LogP contribution in [0, 0.1) is 11.3 Å². The van der Waals surface area contributed by atoms with Crippen LogP contribution in [-0.2, 0) is 14.3 Å². The highest BCUT2D eigenvalue weighted by Gasteiger charge is 2.49. The van der Waals surface area contributed by atoms with Crippen LogP contribution in [0.4, 0.5) is 18.0 Å². The minimum atomic E-state index is -5.85. The summed E-state index contributed by atoms with van der Waals surface area (Å²) in [6.07, 6.45) is -1.80. The molecule has 0 unspecified atom stereocenters. The molecule has 0 saturated carbocycles. The molecule has 0 spiro atoms. The maximum absolute atomic E-state index is 12.1. The fourth-order valence-corrected chi connectivity index (χ4v) is 1.82. The van der Waals surface area contributed by atoms with Gasteiger partial charge >= 0.3 is 21.7 Å². The fourth-order valence-electron chi connectivity index (χ4n) is 1.28. The number of nitriles is 1. The Morgan fingerprint density at radius 2 is 2.05 bits per heavy atom. The Bertz CT molecular complexity index is 560. The van der Waals surface area contributed by atoms with Crippen LogP contribution >= 0.6 is 0 Å². The number of hydrogen-bond donors (Lipinski definition) is 1. The molecule has 1 rings (SSSR count). The van der Waals surface area contributed by atoms with Gasteiger partial charge in [0, 0.05) is 13.0 Å². The minimum absolute atomic E-state index is 0.261. The van der Waals surface area contributed by atoms with Gasteiger partial charge in [-0.05, 0) is 0 Å². The Balaban J connectivity index is 3.02. The number of carboxylic acid groups (broad SMARTS) is 1. The molecule has 0 aromatic carbocycles. The second-order valence-corrected chi connectivity index (χ2v) is 4.99. The zero-order chi connectivity index (χ0) is 14.8. The third-order valence-electron chi connectivity index (χ3n) is 2.19. The Labute approximate surface area is 105 Å². The van der Waals surface area contributed by atoms with Crippen LogP contribution in [0.15, 0.2) is 11.3 Å². The van der Waals surface area contributed by atoms with Crippen LogP contribution in [-0.4, -0.2) is 43.1 Å². The summed E-state index contributed by atoms with van der Waals surface area (Å²) in [7, 11) is -5.85. The Hall–Kier alpha value is -1.96. The summed E-state index contributed by atoms with van der Waals surface area (Å²) in [6, 6.07) is 1.43. The van der Waals surface area contributed by atoms with Crippen LogP contribution in [0.25, 0.3) is 0 Å². The van der Waals surface area contributed by atoms with Crippen molar-refractivity contribution in [2.24, 2.45) is 0 Å². The first-order valence-electron chi connectivity index (χ1n) is 4.69. The predicted molar refractivity (Wildman–Crippen MR) is 52.9 cm³/mol. The van der Waals surface area contributed by atoms with E-state index in [4.69, 9.17) is 10.4 Å². The van der Waals surface area contributed by atoms with Crippen LogP contribution in [0.3, 0.4) is 0 Å². The van der Waals surface area contributed by atoms with Gasteiger partial charge in [0.05, 0.1) is 12.1 Å². The smallest absolute Gasteiger partial charge is 0.465 e. The molecule has 19 heavy (non-hydrogen) atoms. The lowest BCUT2D eigenvalue weighted by Gasteiger charge is -2.25. The summed E-state index contributed by atoms with van der Waals surface area (Å²) in [6.45, 7) is -0.780. The van der Waals surface area contributed by atoms with Gasteiger partial charge in [0.2, 0.25) is 0 Å². The number of halogens is 3. The first kappa shape index (κ1) is 15.1. The summed E-state index contributed by atoms with van der Waals surface area (Å²) < 4.78 is 61.7. The molecule has 0 radical (unpaired) electrons. The predicted octanol–water partition coefficient (Wildman–Crippen LogP) is 1.01. The second kappa shape index (κ2) is 4.96. The van der Waals surface area contributed by atoms with Gasteiger partial charge < -0.3 is 14.2 Å². The molecule has 0 saturated heterocycles. The van der Waals surface area contributed by atoms with E-state index in [9.17, 15) is 26.4 Å². The molecule has 0 aliphatic carbocycles. The van der Waals surface area contributed by atoms with Crippen LogP contribution in [0.2, 0.25) is 0 Å². The van der Waals surface area contributed by atoms with E-state index in [-0.39, 0.29) is 6.54 Å². The Kier molecular flexibility index (Phi) is 3.94. The van der Waals surface area contributed by atoms with Crippen molar-refractivity contribution in [2.75, 3.05) is 13.1 Å². The molecule has 1 amide bonds. The topological polar surface area (TPSA) is 108 Å². The molecule has 1 aliphatic rings. The molecule has 0 bridgehead atoms. The Morgan fingerprint density at radius 3 is 2.47 bits per heavy atom. The van der Waals surface area contributed by atoms with E-state index in [2.05, 4.69) is 4.18 Å². The highest BCUT2D eigenvalue weighted by molar-refractivity contribution is 7.87. The van der Waals surface area contributed by atoms with E-state index in [1.165, 1.54) is 6.07 Å². The lowest BCUT2D eigenvalue weighted by molar-refractivity contribution is -0.0525. The van der Waals surface area contributed by atoms with E-state index in [1.807, 2.05) is 0 Å². The SMILES string of the molecule is N#CC1=C(OS(=O)(=O)C(F)(F)F)CCN(C(=O)O)C1. The molecular weight excluding hydrogens is 293 g/mol. The first-order chi connectivity index (χ1) is 8.58. The molecular formula is C8H7F3N2O5S. The summed E-state index contributed by atoms with van der Waals surface area (Å²) in [5.74, 6) is -0.683. The van der Waals surface area contributed by atoms with Crippen molar-refractivity contribution in [1.82, 2.24) is 4.90 Å². The van der Waals surface area contributed by atoms with Crippen LogP contribution in [0.5, 0.6) is 0 Å². The molecule has 7 nitrogen and oxygen atoms in total. The van der Waals surface area contributed by atoms with Crippen molar-refractivity contribution in [2.45, 2.75) is 11.9 Å². The zero-order valence-corrected chi connectivity index (χ0v) is 9.95. The number of amides is 1. The van der Waals surface area contributed by atoms with Gasteiger partial charge in [0.25, 0.3) is 0 Å². The van der Waals surface area contributed by atoms with Gasteiger partial charge in [0.15, 0.2) is 0 Å². The monoisotopic (exact) mass is 300 g/mol. The van der Waals surface area contributed by atoms with E-state index >= 15 is 0 Å². The van der Waals surface area contributed by atoms with Crippen molar-refractivity contribution in [1.29, 1.82) is 5.26 Å². The van der Waals surface area contributed by atoms with Crippen molar-refractivity contribution < 1.29 is 35.7 Å². The molecule has 106 valence electrons. The lowest BCUT2D eigenvalue weighted by Crippen LogP contribution is -2.37. The van der Waals surface area contributed by atoms with Crippen LogP contribution < -0.4 is 0 Å². The molecule has 0 aromatic heterocycles. The van der Waals surface area contributed by atoms with Gasteiger partial charge in [-0.25, -0.2) is 4.79 Å². The highest BCUT2D eigenvalue weighted by atomic mass is 32.2. The molecule has 0 aromatic rings. The molecule has 1 heterocycles. The van der Waals surface area contributed by atoms with E-state index in [0.29, 0.717) is 0 Å². The minimum Gasteiger partial charge on any atom is -0.465 e. The van der Waals surface area contributed by atoms with Crippen LogP contribution in [0.1, 0.15) is 6.42 Å². The molecule has 0 fully saturated rings. The third kappa shape index (κ3) is 3.28. The normalized spacial score (nSPS) is 17.1. The lowest BCUT2D eigenvalue weighted by atomic mass is 10.1. The maximum atomic E-state index is 12.1. The number of hydrogen-bond acceptors (Lipinski definition) is 5. The number of nitrogens with zero attached hydrogens (tertiary/aromatic N) is 2. The summed E-state index contributed by atoms with van der Waals surface area (Å²) in [5, 5.41) is 17.3. The number of rotatable bonds is 2. The van der Waals surface area contributed by atoms with E-state index < -0.39 is 46.0 Å². The fraction of sp³-hybridized carbons (Fsp3) is 0.500. The third-order valence-corrected chi connectivity index (χ3v) is 3.18. The first-order valence-corrected chi connectivity index (χ1v) is 6.10. The Morgan fingerprint density at radius 1 is 1.47 bits per heavy atom. The van der Waals surface area contributed by atoms with E-state index in [0.717, 1.165) is 4.90 Å². The standard InChI is InChI=1S/C8H7F3N2O5S/c9-8(10,11)19(16,17)18-6-1-2-13(7(14)15)4-5(6)3-12/h1-2,4H2,(H,14,15). The van der Waals surface area contributed by atoms with Crippen molar-refractivity contribution in [3.05, 3.63) is 11.3 Å². The van der Waals surface area contributed by atoms with Gasteiger partial charge in [-0.1, -0.05) is 0 Å². The molecule has 0 atom stereocenters. The number of alkyl halides is 3. The van der Waals surface area contributed by atoms with E-state index in [1.54, 1.807) is 0 Å². The van der Waals surface area contributed by atoms with Gasteiger partial charge in [-0.2, -0.15) is 26.9 Å². The highest BCUT2D eigenvalue weighted by Crippen LogP contribution is 2.29. The summed E-state index contributed by atoms with van der Waals surface area (Å²) in [4.78, 5) is 11.4. The zero-order valence-electron chi connectivity index (χ0n) is 9.14. The molecule has 1 N–H and O–H groups in total. The van der Waals surface area contributed by atoms with Crippen molar-refractivity contribution >= 4 is 16.2 Å². The maximum Gasteiger partial charge on any atom is 0.534 e. The van der Waals surface area contributed by atoms with Gasteiger partial charge in [-0.3, -0.25) is 0 Å². The summed E-state index contributed by atoms with van der Waals surface area (Å²) in [5.41, 5.74) is -6.08. The van der Waals surface area contributed by atoms with Gasteiger partial charge in [0.1, 0.15) is 11.8 Å².